The Bertz CT molecular complexity index is 2170. The monoisotopic (exact) mass is 958 g/mol. The van der Waals surface area contributed by atoms with E-state index in [0.29, 0.717) is 0 Å². The molecule has 0 bridgehead atoms. The molecule has 2 heterocycles. The van der Waals surface area contributed by atoms with Crippen LogP contribution in [0.5, 0.6) is 0 Å². The van der Waals surface area contributed by atoms with Crippen molar-refractivity contribution in [3.8, 4) is 11.1 Å². The summed E-state index contributed by atoms with van der Waals surface area (Å²) in [7, 11) is 0. The van der Waals surface area contributed by atoms with Gasteiger partial charge in [0.25, 0.3) is 0 Å². The number of rotatable bonds is 18. The van der Waals surface area contributed by atoms with Crippen LogP contribution in [0, 0.1) is 0 Å². The van der Waals surface area contributed by atoms with Gasteiger partial charge in [-0.15, -0.1) is 0 Å². The van der Waals surface area contributed by atoms with Gasteiger partial charge in [0, 0.05) is 54.4 Å². The number of hydrogen-bond acceptors (Lipinski definition) is 20. The number of alkyl carbamates (subject to hydrolysis) is 1. The van der Waals surface area contributed by atoms with Crippen molar-refractivity contribution in [2.45, 2.75) is 135 Å². The molecule has 0 saturated carbocycles. The van der Waals surface area contributed by atoms with Gasteiger partial charge in [-0.1, -0.05) is 48.5 Å². The van der Waals surface area contributed by atoms with Crippen LogP contribution in [0.15, 0.2) is 48.5 Å². The van der Waals surface area contributed by atoms with Crippen LogP contribution in [0.4, 0.5) is 4.79 Å². The molecule has 68 heavy (non-hydrogen) atoms. The van der Waals surface area contributed by atoms with Gasteiger partial charge in [-0.2, -0.15) is 0 Å². The van der Waals surface area contributed by atoms with Crippen LogP contribution in [-0.2, 0) is 90.5 Å². The lowest BCUT2D eigenvalue weighted by molar-refractivity contribution is -0.349. The number of ether oxygens (including phenoxy) is 11. The summed E-state index contributed by atoms with van der Waals surface area (Å²) in [6, 6.07) is 11.7. The number of nitrogens with one attached hydrogen (secondary N) is 2. The smallest absolute Gasteiger partial charge is 0.407 e. The SMILES string of the molecule is CC(=O)N[C@H]1[C@@H](O[C@@H](C)[C@H](NC(=O)OCC2c3ccccc3-c3ccccc32)C(=O)O)O[C@H](COC(C)=O)[C@H](OC(C)=O)[C@@H]1O[C@@H]1O[C@H](COC(C)=O)[C@H](OC(C)=O)[C@H](OC(C)=O)[C@H]1OC(C)=O. The largest absolute Gasteiger partial charge is 0.480 e. The molecule has 23 heteroatoms. The maximum Gasteiger partial charge on any atom is 0.407 e. The van der Waals surface area contributed by atoms with Crippen molar-refractivity contribution >= 4 is 53.8 Å². The van der Waals surface area contributed by atoms with Crippen LogP contribution in [0.25, 0.3) is 11.1 Å². The van der Waals surface area contributed by atoms with Gasteiger partial charge in [0.2, 0.25) is 5.91 Å². The molecular weight excluding hydrogens is 904 g/mol. The van der Waals surface area contributed by atoms with Crippen molar-refractivity contribution < 1.29 is 100 Å². The molecule has 0 aromatic heterocycles. The fourth-order valence-corrected chi connectivity index (χ4v) is 8.13. The minimum Gasteiger partial charge on any atom is -0.480 e. The lowest BCUT2D eigenvalue weighted by Gasteiger charge is -2.49. The van der Waals surface area contributed by atoms with Crippen molar-refractivity contribution in [3.05, 3.63) is 59.7 Å². The van der Waals surface area contributed by atoms with E-state index in [1.165, 1.54) is 6.92 Å². The first kappa shape index (κ1) is 52.3. The van der Waals surface area contributed by atoms with E-state index in [1.807, 2.05) is 48.5 Å². The normalized spacial score (nSPS) is 25.9. The van der Waals surface area contributed by atoms with Crippen molar-refractivity contribution in [2.24, 2.45) is 0 Å². The van der Waals surface area contributed by atoms with Crippen LogP contribution < -0.4 is 10.6 Å². The number of aliphatic carboxylic acids is 1. The third-order valence-corrected chi connectivity index (χ3v) is 10.7. The number of carboxylic acids is 1. The van der Waals surface area contributed by atoms with Crippen LogP contribution in [-0.4, -0.2) is 152 Å². The Hall–Kier alpha value is -6.69. The van der Waals surface area contributed by atoms with Crippen LogP contribution in [0.3, 0.4) is 0 Å². The molecule has 2 aromatic rings. The molecule has 2 saturated heterocycles. The second-order valence-corrected chi connectivity index (χ2v) is 15.9. The van der Waals surface area contributed by atoms with Crippen molar-refractivity contribution in [1.82, 2.24) is 10.6 Å². The van der Waals surface area contributed by atoms with Crippen molar-refractivity contribution in [3.63, 3.8) is 0 Å². The number of carboxylic acid groups (broad SMARTS) is 1. The van der Waals surface area contributed by atoms with E-state index in [-0.39, 0.29) is 12.5 Å². The Kier molecular flexibility index (Phi) is 18.0. The van der Waals surface area contributed by atoms with Gasteiger partial charge in [0.05, 0.1) is 6.10 Å². The molecule has 23 nitrogen and oxygen atoms in total. The summed E-state index contributed by atoms with van der Waals surface area (Å²) in [5.74, 6) is -8.16. The maximum atomic E-state index is 13.4. The third-order valence-electron chi connectivity index (χ3n) is 10.7. The molecule has 0 spiro atoms. The Labute approximate surface area is 389 Å². The number of carbonyl (C=O) groups is 9. The summed E-state index contributed by atoms with van der Waals surface area (Å²) in [4.78, 5) is 114. The lowest BCUT2D eigenvalue weighted by atomic mass is 9.94. The summed E-state index contributed by atoms with van der Waals surface area (Å²) in [5, 5.41) is 15.3. The molecular formula is C45H54N2O21. The molecule has 12 atom stereocenters. The average molecular weight is 959 g/mol. The van der Waals surface area contributed by atoms with Gasteiger partial charge in [-0.25, -0.2) is 9.59 Å². The molecule has 370 valence electrons. The summed E-state index contributed by atoms with van der Waals surface area (Å²) in [6.07, 6.45) is -18.1. The van der Waals surface area contributed by atoms with Gasteiger partial charge >= 0.3 is 47.9 Å². The Balaban J connectivity index is 1.49. The minimum atomic E-state index is -1.94. The lowest BCUT2D eigenvalue weighted by Crippen LogP contribution is -2.70. The summed E-state index contributed by atoms with van der Waals surface area (Å²) < 4.78 is 63.1. The van der Waals surface area contributed by atoms with E-state index in [4.69, 9.17) is 52.1 Å². The number of amides is 2. The number of esters is 6. The summed E-state index contributed by atoms with van der Waals surface area (Å²) >= 11 is 0. The van der Waals surface area contributed by atoms with E-state index in [1.54, 1.807) is 0 Å². The van der Waals surface area contributed by atoms with Gasteiger partial charge in [0.1, 0.15) is 44.2 Å². The van der Waals surface area contributed by atoms with E-state index in [9.17, 15) is 48.3 Å². The second-order valence-electron chi connectivity index (χ2n) is 15.9. The highest BCUT2D eigenvalue weighted by atomic mass is 16.8. The van der Waals surface area contributed by atoms with E-state index in [2.05, 4.69) is 10.6 Å². The van der Waals surface area contributed by atoms with Gasteiger partial charge in [0.15, 0.2) is 43.0 Å². The van der Waals surface area contributed by atoms with Gasteiger partial charge in [-0.05, 0) is 29.2 Å². The molecule has 2 fully saturated rings. The standard InChI is InChI=1S/C45H54N2O21/c1-20(35(42(55)56)47-45(57)60-17-32-30-15-11-9-13-28(30)29-14-10-12-16-31(29)32)61-43-36(46-21(2)48)39(37(62-24(5)51)33(66-43)18-58-22(3)49)68-44-41(65-27(8)54)40(64-26(7)53)38(63-25(6)52)34(67-44)19-59-23(4)50/h9-16,20,32-41,43-44H,17-19H2,1-8H3,(H,46,48)(H,47,57)(H,55,56)/t20-,33+,34+,35-,36+,37-,38-,39+,40-,41+,43-,44-/m0/s1. The number of hydrogen-bond donors (Lipinski definition) is 3. The van der Waals surface area contributed by atoms with Crippen LogP contribution >= 0.6 is 0 Å². The van der Waals surface area contributed by atoms with Crippen LogP contribution in [0.1, 0.15) is 72.4 Å². The fraction of sp³-hybridized carbons (Fsp3) is 0.533. The molecule has 2 aromatic carbocycles. The first-order valence-corrected chi connectivity index (χ1v) is 21.3. The summed E-state index contributed by atoms with van der Waals surface area (Å²) in [6.45, 7) is 7.00. The highest BCUT2D eigenvalue weighted by Gasteiger charge is 2.57. The number of benzene rings is 2. The molecule has 1 aliphatic carbocycles. The second kappa shape index (κ2) is 23.4. The van der Waals surface area contributed by atoms with Crippen molar-refractivity contribution in [2.75, 3.05) is 19.8 Å². The summed E-state index contributed by atoms with van der Waals surface area (Å²) in [5.41, 5.74) is 3.73. The molecule has 0 unspecified atom stereocenters. The Morgan fingerprint density at radius 2 is 1.03 bits per heavy atom. The maximum absolute atomic E-state index is 13.4. The van der Waals surface area contributed by atoms with E-state index in [0.717, 1.165) is 70.7 Å². The first-order valence-electron chi connectivity index (χ1n) is 21.3. The highest BCUT2D eigenvalue weighted by Crippen LogP contribution is 2.44. The minimum absolute atomic E-state index is 0.161. The van der Waals surface area contributed by atoms with E-state index < -0.39 is 140 Å². The molecule has 3 N–H and O–H groups in total. The predicted octanol–water partition coefficient (Wildman–Crippen LogP) is 1.58. The zero-order valence-corrected chi connectivity index (χ0v) is 38.4. The molecule has 2 amide bonds. The van der Waals surface area contributed by atoms with Crippen LogP contribution in [0.2, 0.25) is 0 Å². The Morgan fingerprint density at radius 3 is 1.50 bits per heavy atom. The average Bonchev–Trinajstić information content (AvgIpc) is 3.57. The number of carbonyl (C=O) groups excluding carboxylic acids is 8. The fourth-order valence-electron chi connectivity index (χ4n) is 8.13. The number of fused-ring (bicyclic) bond motifs is 3. The topological polar surface area (TPSA) is 299 Å². The highest BCUT2D eigenvalue weighted by molar-refractivity contribution is 5.81. The zero-order chi connectivity index (χ0) is 50.0. The van der Waals surface area contributed by atoms with Gasteiger partial charge < -0.3 is 67.8 Å². The Morgan fingerprint density at radius 1 is 0.574 bits per heavy atom. The first-order chi connectivity index (χ1) is 32.1. The predicted molar refractivity (Wildman–Crippen MR) is 225 cm³/mol. The van der Waals surface area contributed by atoms with E-state index >= 15 is 0 Å². The van der Waals surface area contributed by atoms with Crippen molar-refractivity contribution in [1.29, 1.82) is 0 Å². The third kappa shape index (κ3) is 13.5. The molecule has 5 rings (SSSR count). The quantitative estimate of drug-likeness (QED) is 0.141. The zero-order valence-electron chi connectivity index (χ0n) is 38.4. The molecule has 3 aliphatic rings. The molecule has 2 aliphatic heterocycles. The molecule has 0 radical (unpaired) electrons. The van der Waals surface area contributed by atoms with Gasteiger partial charge in [-0.3, -0.25) is 33.6 Å².